The molecule has 22 heavy (non-hydrogen) atoms. The van der Waals surface area contributed by atoms with E-state index in [2.05, 4.69) is 4.74 Å². The molecule has 0 fully saturated rings. The van der Waals surface area contributed by atoms with Crippen LogP contribution in [0.2, 0.25) is 0 Å². The van der Waals surface area contributed by atoms with E-state index in [9.17, 15) is 18.0 Å². The number of ether oxygens (including phenoxy) is 1. The van der Waals surface area contributed by atoms with Gasteiger partial charge in [0.05, 0.1) is 12.7 Å². The zero-order chi connectivity index (χ0) is 16.2. The maximum Gasteiger partial charge on any atom is 0.416 e. The highest BCUT2D eigenvalue weighted by molar-refractivity contribution is 5.96. The van der Waals surface area contributed by atoms with Gasteiger partial charge in [-0.25, -0.2) is 4.79 Å². The Labute approximate surface area is 125 Å². The average molecular weight is 306 g/mol. The van der Waals surface area contributed by atoms with Crippen molar-refractivity contribution in [3.05, 3.63) is 77.4 Å². The molecule has 2 rings (SSSR count). The summed E-state index contributed by atoms with van der Waals surface area (Å²) in [5, 5.41) is 0. The molecule has 0 aliphatic heterocycles. The van der Waals surface area contributed by atoms with E-state index in [1.54, 1.807) is 30.3 Å². The van der Waals surface area contributed by atoms with Crippen LogP contribution in [0.25, 0.3) is 5.57 Å². The van der Waals surface area contributed by atoms with Gasteiger partial charge in [-0.2, -0.15) is 13.2 Å². The van der Waals surface area contributed by atoms with Gasteiger partial charge in [0.25, 0.3) is 0 Å². The highest BCUT2D eigenvalue weighted by atomic mass is 19.4. The van der Waals surface area contributed by atoms with Gasteiger partial charge in [-0.1, -0.05) is 42.5 Å². The summed E-state index contributed by atoms with van der Waals surface area (Å²) in [6, 6.07) is 13.5. The number of rotatable bonds is 3. The normalized spacial score (nSPS) is 12.1. The molecule has 0 atom stereocenters. The quantitative estimate of drug-likeness (QED) is 0.624. The SMILES string of the molecule is COC(=O)/C=C(\c1ccccc1)c1cccc(C(F)(F)F)c1. The molecule has 0 aliphatic carbocycles. The van der Waals surface area contributed by atoms with Crippen molar-refractivity contribution in [3.63, 3.8) is 0 Å². The third kappa shape index (κ3) is 3.75. The maximum atomic E-state index is 12.9. The van der Waals surface area contributed by atoms with Crippen LogP contribution < -0.4 is 0 Å². The van der Waals surface area contributed by atoms with Crippen molar-refractivity contribution in [2.75, 3.05) is 7.11 Å². The molecule has 0 heterocycles. The van der Waals surface area contributed by atoms with Crippen LogP contribution in [0.3, 0.4) is 0 Å². The first kappa shape index (κ1) is 15.8. The van der Waals surface area contributed by atoms with Crippen molar-refractivity contribution in [2.24, 2.45) is 0 Å². The lowest BCUT2D eigenvalue weighted by Crippen LogP contribution is -2.05. The Morgan fingerprint density at radius 1 is 1.00 bits per heavy atom. The van der Waals surface area contributed by atoms with E-state index in [0.717, 1.165) is 12.1 Å². The van der Waals surface area contributed by atoms with Gasteiger partial charge in [0, 0.05) is 6.08 Å². The lowest BCUT2D eigenvalue weighted by molar-refractivity contribution is -0.137. The predicted octanol–water partition coefficient (Wildman–Crippen LogP) is 4.31. The third-order valence-electron chi connectivity index (χ3n) is 3.05. The Hall–Kier alpha value is -2.56. The largest absolute Gasteiger partial charge is 0.466 e. The molecule has 2 aromatic carbocycles. The number of hydrogen-bond donors (Lipinski definition) is 0. The lowest BCUT2D eigenvalue weighted by atomic mass is 9.96. The minimum absolute atomic E-state index is 0.298. The summed E-state index contributed by atoms with van der Waals surface area (Å²) in [6.45, 7) is 0. The van der Waals surface area contributed by atoms with E-state index in [1.807, 2.05) is 0 Å². The van der Waals surface area contributed by atoms with Crippen LogP contribution in [0.15, 0.2) is 60.7 Å². The van der Waals surface area contributed by atoms with Crippen molar-refractivity contribution < 1.29 is 22.7 Å². The number of hydrogen-bond acceptors (Lipinski definition) is 2. The summed E-state index contributed by atoms with van der Waals surface area (Å²) in [7, 11) is 1.22. The van der Waals surface area contributed by atoms with Crippen molar-refractivity contribution in [2.45, 2.75) is 6.18 Å². The molecule has 2 nitrogen and oxygen atoms in total. The van der Waals surface area contributed by atoms with Crippen molar-refractivity contribution >= 4 is 11.5 Å². The zero-order valence-corrected chi connectivity index (χ0v) is 11.7. The van der Waals surface area contributed by atoms with Gasteiger partial charge in [0.1, 0.15) is 0 Å². The molecule has 0 bridgehead atoms. The van der Waals surface area contributed by atoms with Gasteiger partial charge in [-0.05, 0) is 28.8 Å². The van der Waals surface area contributed by atoms with Crippen LogP contribution in [0, 0.1) is 0 Å². The number of alkyl halides is 3. The molecule has 0 aliphatic rings. The first-order valence-corrected chi connectivity index (χ1v) is 6.44. The van der Waals surface area contributed by atoms with Gasteiger partial charge in [0.2, 0.25) is 0 Å². The Kier molecular flexibility index (Phi) is 4.65. The summed E-state index contributed by atoms with van der Waals surface area (Å²) in [4.78, 5) is 11.5. The second-order valence-corrected chi connectivity index (χ2v) is 4.53. The number of carbonyl (C=O) groups excluding carboxylic acids is 1. The molecule has 2 aromatic rings. The van der Waals surface area contributed by atoms with E-state index in [0.29, 0.717) is 16.7 Å². The molecule has 0 saturated carbocycles. The number of halogens is 3. The molecule has 0 saturated heterocycles. The van der Waals surface area contributed by atoms with Crippen molar-refractivity contribution in [1.82, 2.24) is 0 Å². The van der Waals surface area contributed by atoms with Crippen LogP contribution >= 0.6 is 0 Å². The van der Waals surface area contributed by atoms with E-state index in [4.69, 9.17) is 0 Å². The van der Waals surface area contributed by atoms with Crippen LogP contribution in [-0.2, 0) is 15.7 Å². The smallest absolute Gasteiger partial charge is 0.416 e. The average Bonchev–Trinajstić information content (AvgIpc) is 2.52. The molecule has 0 unspecified atom stereocenters. The number of methoxy groups -OCH3 is 1. The topological polar surface area (TPSA) is 26.3 Å². The number of carbonyl (C=O) groups is 1. The Morgan fingerprint density at radius 3 is 2.23 bits per heavy atom. The van der Waals surface area contributed by atoms with E-state index >= 15 is 0 Å². The summed E-state index contributed by atoms with van der Waals surface area (Å²) in [5.74, 6) is -0.628. The summed E-state index contributed by atoms with van der Waals surface area (Å²) < 4.78 is 43.1. The van der Waals surface area contributed by atoms with Crippen molar-refractivity contribution in [1.29, 1.82) is 0 Å². The molecule has 0 N–H and O–H groups in total. The highest BCUT2D eigenvalue weighted by Crippen LogP contribution is 2.32. The second kappa shape index (κ2) is 6.47. The maximum absolute atomic E-state index is 12.9. The van der Waals surface area contributed by atoms with Gasteiger partial charge in [-0.15, -0.1) is 0 Å². The predicted molar refractivity (Wildman–Crippen MR) is 77.0 cm³/mol. The molecular formula is C17H13F3O2. The van der Waals surface area contributed by atoms with Crippen LogP contribution in [0.5, 0.6) is 0 Å². The minimum atomic E-state index is -4.44. The van der Waals surface area contributed by atoms with Gasteiger partial charge < -0.3 is 4.74 Å². The molecular weight excluding hydrogens is 293 g/mol. The molecule has 0 radical (unpaired) electrons. The summed E-state index contributed by atoms with van der Waals surface area (Å²) >= 11 is 0. The number of esters is 1. The Morgan fingerprint density at radius 2 is 1.64 bits per heavy atom. The summed E-state index contributed by atoms with van der Waals surface area (Å²) in [6.07, 6.45) is -3.26. The molecule has 114 valence electrons. The Balaban J connectivity index is 2.56. The molecule has 0 spiro atoms. The van der Waals surface area contributed by atoms with Crippen LogP contribution in [-0.4, -0.2) is 13.1 Å². The van der Waals surface area contributed by atoms with Crippen LogP contribution in [0.1, 0.15) is 16.7 Å². The first-order chi connectivity index (χ1) is 10.4. The Bertz CT molecular complexity index is 689. The molecule has 0 aromatic heterocycles. The standard InChI is InChI=1S/C17H13F3O2/c1-22-16(21)11-15(12-6-3-2-4-7-12)13-8-5-9-14(10-13)17(18,19)20/h2-11H,1H3/b15-11+. The first-order valence-electron chi connectivity index (χ1n) is 6.44. The minimum Gasteiger partial charge on any atom is -0.466 e. The molecule has 5 heteroatoms. The monoisotopic (exact) mass is 306 g/mol. The van der Waals surface area contributed by atoms with Gasteiger partial charge >= 0.3 is 12.1 Å². The summed E-state index contributed by atoms with van der Waals surface area (Å²) in [5.41, 5.74) is 0.536. The third-order valence-corrected chi connectivity index (χ3v) is 3.05. The van der Waals surface area contributed by atoms with Gasteiger partial charge in [-0.3, -0.25) is 0 Å². The van der Waals surface area contributed by atoms with E-state index in [1.165, 1.54) is 25.3 Å². The highest BCUT2D eigenvalue weighted by Gasteiger charge is 2.30. The lowest BCUT2D eigenvalue weighted by Gasteiger charge is -2.12. The van der Waals surface area contributed by atoms with Crippen molar-refractivity contribution in [3.8, 4) is 0 Å². The fourth-order valence-corrected chi connectivity index (χ4v) is 1.99. The second-order valence-electron chi connectivity index (χ2n) is 4.53. The van der Waals surface area contributed by atoms with E-state index in [-0.39, 0.29) is 0 Å². The van der Waals surface area contributed by atoms with Crippen LogP contribution in [0.4, 0.5) is 13.2 Å². The fourth-order valence-electron chi connectivity index (χ4n) is 1.99. The van der Waals surface area contributed by atoms with E-state index < -0.39 is 17.7 Å². The van der Waals surface area contributed by atoms with Gasteiger partial charge in [0.15, 0.2) is 0 Å². The molecule has 0 amide bonds. The number of benzene rings is 2. The fraction of sp³-hybridized carbons (Fsp3) is 0.118. The zero-order valence-electron chi connectivity index (χ0n) is 11.7.